The zero-order valence-electron chi connectivity index (χ0n) is 6.49. The Morgan fingerprint density at radius 2 is 2.09 bits per heavy atom. The molecule has 2 fully saturated rings. The quantitative estimate of drug-likeness (QED) is 0.641. The third kappa shape index (κ3) is 1.53. The second-order valence-electron chi connectivity index (χ2n) is 3.66. The third-order valence-corrected chi connectivity index (χ3v) is 2.70. The van der Waals surface area contributed by atoms with Gasteiger partial charge in [-0.3, -0.25) is 4.79 Å². The molecule has 0 bridgehead atoms. The van der Waals surface area contributed by atoms with Crippen molar-refractivity contribution < 1.29 is 9.90 Å². The minimum atomic E-state index is -0.675. The summed E-state index contributed by atoms with van der Waals surface area (Å²) in [5, 5.41) is 8.42. The predicted molar refractivity (Wildman–Crippen MR) is 40.3 cm³/mol. The van der Waals surface area contributed by atoms with Gasteiger partial charge in [0.25, 0.3) is 0 Å². The number of nitrogens with zero attached hydrogens (tertiary/aromatic N) is 1. The highest BCUT2D eigenvalue weighted by Crippen LogP contribution is 2.44. The van der Waals surface area contributed by atoms with Gasteiger partial charge in [0.05, 0.1) is 6.42 Å². The van der Waals surface area contributed by atoms with E-state index in [-0.39, 0.29) is 0 Å². The topological polar surface area (TPSA) is 40.5 Å². The summed E-state index contributed by atoms with van der Waals surface area (Å²) in [6, 6.07) is 0. The van der Waals surface area contributed by atoms with Crippen molar-refractivity contribution in [3.8, 4) is 0 Å². The Bertz CT molecular complexity index is 171. The maximum absolute atomic E-state index is 10.2. The Morgan fingerprint density at radius 1 is 1.45 bits per heavy atom. The van der Waals surface area contributed by atoms with Gasteiger partial charge in [-0.15, -0.1) is 0 Å². The molecule has 1 aliphatic carbocycles. The van der Waals surface area contributed by atoms with Gasteiger partial charge in [-0.2, -0.15) is 0 Å². The molecule has 2 aliphatic rings. The Labute approximate surface area is 66.0 Å². The van der Waals surface area contributed by atoms with E-state index in [1.165, 1.54) is 6.42 Å². The van der Waals surface area contributed by atoms with Crippen LogP contribution in [0.3, 0.4) is 0 Å². The van der Waals surface area contributed by atoms with Gasteiger partial charge in [0.1, 0.15) is 0 Å². The van der Waals surface area contributed by atoms with Gasteiger partial charge < -0.3 is 10.0 Å². The van der Waals surface area contributed by atoms with Crippen LogP contribution in [0, 0.1) is 11.8 Å². The van der Waals surface area contributed by atoms with Crippen molar-refractivity contribution in [1.82, 2.24) is 4.90 Å². The molecule has 1 aliphatic heterocycles. The summed E-state index contributed by atoms with van der Waals surface area (Å²) in [5.41, 5.74) is 0. The number of carboxylic acids is 1. The largest absolute Gasteiger partial charge is 0.481 e. The Kier molecular flexibility index (Phi) is 1.60. The van der Waals surface area contributed by atoms with E-state index in [0.717, 1.165) is 31.5 Å². The highest BCUT2D eigenvalue weighted by Gasteiger charge is 2.44. The van der Waals surface area contributed by atoms with Crippen LogP contribution in [0.2, 0.25) is 0 Å². The SMILES string of the molecule is O=C(O)CCN1CC2CC2C1. The summed E-state index contributed by atoms with van der Waals surface area (Å²) in [4.78, 5) is 12.5. The van der Waals surface area contributed by atoms with Crippen LogP contribution in [0.4, 0.5) is 0 Å². The van der Waals surface area contributed by atoms with Gasteiger partial charge in [0.15, 0.2) is 0 Å². The molecule has 0 amide bonds. The highest BCUT2D eigenvalue weighted by atomic mass is 16.4. The minimum Gasteiger partial charge on any atom is -0.481 e. The van der Waals surface area contributed by atoms with E-state index in [9.17, 15) is 4.79 Å². The van der Waals surface area contributed by atoms with Crippen LogP contribution in [-0.2, 0) is 4.79 Å². The summed E-state index contributed by atoms with van der Waals surface area (Å²) in [6.07, 6.45) is 1.70. The van der Waals surface area contributed by atoms with Crippen LogP contribution in [0.1, 0.15) is 12.8 Å². The number of likely N-dealkylation sites (tertiary alicyclic amines) is 1. The number of piperidine rings is 1. The monoisotopic (exact) mass is 155 g/mol. The lowest BCUT2D eigenvalue weighted by Crippen LogP contribution is -2.25. The molecule has 0 aromatic heterocycles. The van der Waals surface area contributed by atoms with Gasteiger partial charge in [0.2, 0.25) is 0 Å². The van der Waals surface area contributed by atoms with Crippen molar-refractivity contribution in [3.63, 3.8) is 0 Å². The molecule has 62 valence electrons. The second kappa shape index (κ2) is 2.48. The molecule has 3 nitrogen and oxygen atoms in total. The molecule has 1 saturated carbocycles. The summed E-state index contributed by atoms with van der Waals surface area (Å²) in [7, 11) is 0. The first-order valence-corrected chi connectivity index (χ1v) is 4.20. The van der Waals surface area contributed by atoms with E-state index >= 15 is 0 Å². The van der Waals surface area contributed by atoms with Gasteiger partial charge >= 0.3 is 5.97 Å². The van der Waals surface area contributed by atoms with Crippen molar-refractivity contribution in [2.45, 2.75) is 12.8 Å². The molecule has 1 saturated heterocycles. The summed E-state index contributed by atoms with van der Waals surface area (Å²) in [5.74, 6) is 1.16. The maximum atomic E-state index is 10.2. The molecule has 2 atom stereocenters. The molecule has 1 N–H and O–H groups in total. The second-order valence-corrected chi connectivity index (χ2v) is 3.66. The number of carboxylic acid groups (broad SMARTS) is 1. The fourth-order valence-electron chi connectivity index (χ4n) is 1.93. The molecule has 1 heterocycles. The lowest BCUT2D eigenvalue weighted by atomic mass is 10.3. The standard InChI is InChI=1S/C8H13NO2/c10-8(11)1-2-9-4-6-3-7(6)5-9/h6-7H,1-5H2,(H,10,11). The number of carbonyl (C=O) groups is 1. The van der Waals surface area contributed by atoms with Gasteiger partial charge in [-0.1, -0.05) is 0 Å². The maximum Gasteiger partial charge on any atom is 0.304 e. The molecule has 2 unspecified atom stereocenters. The fourth-order valence-corrected chi connectivity index (χ4v) is 1.93. The molecule has 0 spiro atoms. The van der Waals surface area contributed by atoms with E-state index in [0.29, 0.717) is 6.42 Å². The average molecular weight is 155 g/mol. The summed E-state index contributed by atoms with van der Waals surface area (Å²) >= 11 is 0. The lowest BCUT2D eigenvalue weighted by molar-refractivity contribution is -0.137. The summed E-state index contributed by atoms with van der Waals surface area (Å²) in [6.45, 7) is 3.05. The van der Waals surface area contributed by atoms with Crippen LogP contribution >= 0.6 is 0 Å². The number of rotatable bonds is 3. The Morgan fingerprint density at radius 3 is 2.64 bits per heavy atom. The average Bonchev–Trinajstić information content (AvgIpc) is 2.56. The molecule has 0 aromatic rings. The highest BCUT2D eigenvalue weighted by molar-refractivity contribution is 5.66. The number of fused-ring (bicyclic) bond motifs is 1. The van der Waals surface area contributed by atoms with Crippen molar-refractivity contribution in [3.05, 3.63) is 0 Å². The zero-order chi connectivity index (χ0) is 7.84. The fraction of sp³-hybridized carbons (Fsp3) is 0.875. The molecule has 2 rings (SSSR count). The molecule has 0 aromatic carbocycles. The first-order valence-electron chi connectivity index (χ1n) is 4.20. The Hall–Kier alpha value is -0.570. The first kappa shape index (κ1) is 7.10. The number of hydrogen-bond donors (Lipinski definition) is 1. The lowest BCUT2D eigenvalue weighted by Gasteiger charge is -2.15. The third-order valence-electron chi connectivity index (χ3n) is 2.70. The van der Waals surface area contributed by atoms with Gasteiger partial charge in [0, 0.05) is 19.6 Å². The van der Waals surface area contributed by atoms with Crippen LogP contribution in [0.25, 0.3) is 0 Å². The van der Waals surface area contributed by atoms with Crippen LogP contribution < -0.4 is 0 Å². The van der Waals surface area contributed by atoms with Gasteiger partial charge in [-0.25, -0.2) is 0 Å². The van der Waals surface area contributed by atoms with Crippen molar-refractivity contribution in [2.75, 3.05) is 19.6 Å². The normalized spacial score (nSPS) is 35.3. The molecule has 0 radical (unpaired) electrons. The molecular weight excluding hydrogens is 142 g/mol. The van der Waals surface area contributed by atoms with Gasteiger partial charge in [-0.05, 0) is 18.3 Å². The molecular formula is C8H13NO2. The summed E-state index contributed by atoms with van der Waals surface area (Å²) < 4.78 is 0. The van der Waals surface area contributed by atoms with E-state index in [2.05, 4.69) is 4.90 Å². The van der Waals surface area contributed by atoms with Crippen LogP contribution in [0.15, 0.2) is 0 Å². The predicted octanol–water partition coefficient (Wildman–Crippen LogP) is 0.413. The van der Waals surface area contributed by atoms with Crippen molar-refractivity contribution in [1.29, 1.82) is 0 Å². The van der Waals surface area contributed by atoms with E-state index in [4.69, 9.17) is 5.11 Å². The van der Waals surface area contributed by atoms with Crippen molar-refractivity contribution in [2.24, 2.45) is 11.8 Å². The smallest absolute Gasteiger partial charge is 0.304 e. The van der Waals surface area contributed by atoms with E-state index in [1.807, 2.05) is 0 Å². The van der Waals surface area contributed by atoms with E-state index < -0.39 is 5.97 Å². The van der Waals surface area contributed by atoms with Crippen LogP contribution in [-0.4, -0.2) is 35.6 Å². The van der Waals surface area contributed by atoms with Crippen molar-refractivity contribution >= 4 is 5.97 Å². The molecule has 11 heavy (non-hydrogen) atoms. The zero-order valence-corrected chi connectivity index (χ0v) is 6.49. The Balaban J connectivity index is 1.68. The molecule has 3 heteroatoms. The first-order chi connectivity index (χ1) is 5.25. The van der Waals surface area contributed by atoms with E-state index in [1.54, 1.807) is 0 Å². The number of aliphatic carboxylic acids is 1. The van der Waals surface area contributed by atoms with Crippen LogP contribution in [0.5, 0.6) is 0 Å². The minimum absolute atomic E-state index is 0.305. The number of hydrogen-bond acceptors (Lipinski definition) is 2.